The number of hydrogen-bond acceptors (Lipinski definition) is 3. The third-order valence-corrected chi connectivity index (χ3v) is 3.28. The van der Waals surface area contributed by atoms with Gasteiger partial charge < -0.3 is 15.8 Å². The molecule has 5 heteroatoms. The first kappa shape index (κ1) is 15.2. The number of hydrogen-bond donors (Lipinski definition) is 2. The van der Waals surface area contributed by atoms with Crippen LogP contribution in [-0.2, 0) is 0 Å². The van der Waals surface area contributed by atoms with E-state index in [0.717, 1.165) is 5.56 Å². The number of halogens is 1. The number of carbonyl (C=O) groups is 1. The highest BCUT2D eigenvalue weighted by Gasteiger charge is 2.12. The lowest BCUT2D eigenvalue weighted by Gasteiger charge is -2.12. The molecule has 0 saturated heterocycles. The van der Waals surface area contributed by atoms with E-state index in [-0.39, 0.29) is 5.91 Å². The van der Waals surface area contributed by atoms with Crippen molar-refractivity contribution < 1.29 is 9.53 Å². The number of ether oxygens (including phenoxy) is 1. The van der Waals surface area contributed by atoms with E-state index in [1.807, 2.05) is 26.0 Å². The predicted octanol–water partition coefficient (Wildman–Crippen LogP) is 3.88. The van der Waals surface area contributed by atoms with E-state index in [1.165, 1.54) is 0 Å². The zero-order valence-corrected chi connectivity index (χ0v) is 12.7. The first-order valence-electron chi connectivity index (χ1n) is 6.61. The minimum absolute atomic E-state index is 0.278. The Morgan fingerprint density at radius 1 is 1.33 bits per heavy atom. The van der Waals surface area contributed by atoms with E-state index in [4.69, 9.17) is 22.1 Å². The molecule has 0 fully saturated rings. The second kappa shape index (κ2) is 6.50. The van der Waals surface area contributed by atoms with Gasteiger partial charge in [0.1, 0.15) is 5.75 Å². The maximum atomic E-state index is 12.3. The number of nitrogens with two attached hydrogens (primary N) is 1. The van der Waals surface area contributed by atoms with Crippen LogP contribution in [0.2, 0.25) is 5.02 Å². The topological polar surface area (TPSA) is 64.3 Å². The monoisotopic (exact) mass is 304 g/mol. The molecule has 0 aliphatic rings. The third kappa shape index (κ3) is 3.67. The van der Waals surface area contributed by atoms with E-state index in [9.17, 15) is 4.79 Å². The van der Waals surface area contributed by atoms with Crippen LogP contribution in [0.3, 0.4) is 0 Å². The third-order valence-electron chi connectivity index (χ3n) is 2.96. The molecule has 2 rings (SSSR count). The first-order valence-corrected chi connectivity index (χ1v) is 6.99. The summed E-state index contributed by atoms with van der Waals surface area (Å²) < 4.78 is 5.39. The molecular formula is C16H17ClN2O2. The average molecular weight is 305 g/mol. The molecule has 0 aliphatic heterocycles. The Morgan fingerprint density at radius 2 is 2.10 bits per heavy atom. The number of aryl methyl sites for hydroxylation is 1. The van der Waals surface area contributed by atoms with Crippen LogP contribution >= 0.6 is 11.6 Å². The molecule has 2 aromatic carbocycles. The number of benzene rings is 2. The summed E-state index contributed by atoms with van der Waals surface area (Å²) in [5.74, 6) is 0.290. The van der Waals surface area contributed by atoms with Crippen LogP contribution in [0.4, 0.5) is 11.4 Å². The molecule has 1 amide bonds. The number of para-hydroxylation sites is 1. The van der Waals surface area contributed by atoms with Crippen LogP contribution in [0, 0.1) is 6.92 Å². The van der Waals surface area contributed by atoms with Gasteiger partial charge in [0.2, 0.25) is 0 Å². The highest BCUT2D eigenvalue weighted by molar-refractivity contribution is 6.34. The number of rotatable bonds is 4. The summed E-state index contributed by atoms with van der Waals surface area (Å²) in [5.41, 5.74) is 8.19. The van der Waals surface area contributed by atoms with E-state index in [0.29, 0.717) is 34.3 Å². The molecule has 0 unspecified atom stereocenters. The van der Waals surface area contributed by atoms with Crippen molar-refractivity contribution in [1.82, 2.24) is 0 Å². The molecule has 21 heavy (non-hydrogen) atoms. The van der Waals surface area contributed by atoms with Crippen LogP contribution in [0.1, 0.15) is 22.8 Å². The molecule has 0 aliphatic carbocycles. The van der Waals surface area contributed by atoms with Gasteiger partial charge in [-0.05, 0) is 37.6 Å². The molecule has 0 aromatic heterocycles. The van der Waals surface area contributed by atoms with Crippen molar-refractivity contribution in [2.45, 2.75) is 13.8 Å². The van der Waals surface area contributed by atoms with Gasteiger partial charge in [-0.15, -0.1) is 0 Å². The van der Waals surface area contributed by atoms with E-state index in [1.54, 1.807) is 24.3 Å². The van der Waals surface area contributed by atoms with Gasteiger partial charge in [0.15, 0.2) is 0 Å². The number of amides is 1. The van der Waals surface area contributed by atoms with Crippen LogP contribution < -0.4 is 15.8 Å². The zero-order chi connectivity index (χ0) is 15.4. The molecule has 4 nitrogen and oxygen atoms in total. The molecule has 2 aromatic rings. The predicted molar refractivity (Wildman–Crippen MR) is 86.2 cm³/mol. The molecule has 110 valence electrons. The summed E-state index contributed by atoms with van der Waals surface area (Å²) in [6.07, 6.45) is 0. The van der Waals surface area contributed by atoms with Crippen molar-refractivity contribution in [2.75, 3.05) is 17.7 Å². The van der Waals surface area contributed by atoms with Crippen molar-refractivity contribution in [3.8, 4) is 5.75 Å². The second-order valence-electron chi connectivity index (χ2n) is 4.61. The summed E-state index contributed by atoms with van der Waals surface area (Å²) in [6, 6.07) is 10.4. The molecule has 3 N–H and O–H groups in total. The quantitative estimate of drug-likeness (QED) is 0.842. The van der Waals surface area contributed by atoms with Crippen molar-refractivity contribution in [1.29, 1.82) is 0 Å². The van der Waals surface area contributed by atoms with E-state index >= 15 is 0 Å². The highest BCUT2D eigenvalue weighted by Crippen LogP contribution is 2.26. The number of carbonyl (C=O) groups excluding carboxylic acids is 1. The fourth-order valence-electron chi connectivity index (χ4n) is 1.98. The van der Waals surface area contributed by atoms with Gasteiger partial charge >= 0.3 is 0 Å². The van der Waals surface area contributed by atoms with Crippen molar-refractivity contribution in [3.63, 3.8) is 0 Å². The Hall–Kier alpha value is -2.20. The lowest BCUT2D eigenvalue weighted by atomic mass is 10.1. The molecule has 0 atom stereocenters. The summed E-state index contributed by atoms with van der Waals surface area (Å²) in [5, 5.41) is 3.31. The molecule has 0 saturated carbocycles. The lowest BCUT2D eigenvalue weighted by molar-refractivity contribution is 0.102. The van der Waals surface area contributed by atoms with E-state index in [2.05, 4.69) is 5.32 Å². The fourth-order valence-corrected chi connectivity index (χ4v) is 2.25. The SMILES string of the molecule is CCOc1cc(N)cc(C(=O)Nc2c(C)cccc2Cl)c1. The number of nitrogen functional groups attached to an aromatic ring is 1. The summed E-state index contributed by atoms with van der Waals surface area (Å²) in [6.45, 7) is 4.26. The molecule has 0 spiro atoms. The summed E-state index contributed by atoms with van der Waals surface area (Å²) in [4.78, 5) is 12.3. The highest BCUT2D eigenvalue weighted by atomic mass is 35.5. The fraction of sp³-hybridized carbons (Fsp3) is 0.188. The maximum Gasteiger partial charge on any atom is 0.255 e. The normalized spacial score (nSPS) is 10.2. The molecule has 0 bridgehead atoms. The van der Waals surface area contributed by atoms with Gasteiger partial charge in [-0.1, -0.05) is 23.7 Å². The Labute approximate surface area is 128 Å². The standard InChI is InChI=1S/C16H17ClN2O2/c1-3-21-13-8-11(7-12(18)9-13)16(20)19-15-10(2)5-4-6-14(15)17/h4-9H,3,18H2,1-2H3,(H,19,20). The van der Waals surface area contributed by atoms with Gasteiger partial charge in [0.25, 0.3) is 5.91 Å². The van der Waals surface area contributed by atoms with Gasteiger partial charge in [0, 0.05) is 17.3 Å². The van der Waals surface area contributed by atoms with Crippen LogP contribution in [0.15, 0.2) is 36.4 Å². The molecule has 0 heterocycles. The van der Waals surface area contributed by atoms with Crippen LogP contribution in [0.25, 0.3) is 0 Å². The summed E-state index contributed by atoms with van der Waals surface area (Å²) in [7, 11) is 0. The van der Waals surface area contributed by atoms with E-state index < -0.39 is 0 Å². The Morgan fingerprint density at radius 3 is 2.76 bits per heavy atom. The largest absolute Gasteiger partial charge is 0.494 e. The Kier molecular flexibility index (Phi) is 4.70. The smallest absolute Gasteiger partial charge is 0.255 e. The van der Waals surface area contributed by atoms with Crippen molar-refractivity contribution in [3.05, 3.63) is 52.5 Å². The second-order valence-corrected chi connectivity index (χ2v) is 5.02. The average Bonchev–Trinajstić information content (AvgIpc) is 2.42. The van der Waals surface area contributed by atoms with Crippen LogP contribution in [-0.4, -0.2) is 12.5 Å². The summed E-state index contributed by atoms with van der Waals surface area (Å²) >= 11 is 6.11. The van der Waals surface area contributed by atoms with Gasteiger partial charge in [-0.2, -0.15) is 0 Å². The lowest BCUT2D eigenvalue weighted by Crippen LogP contribution is -2.13. The van der Waals surface area contributed by atoms with Gasteiger partial charge in [0.05, 0.1) is 17.3 Å². The van der Waals surface area contributed by atoms with Crippen molar-refractivity contribution in [2.24, 2.45) is 0 Å². The van der Waals surface area contributed by atoms with Gasteiger partial charge in [-0.25, -0.2) is 0 Å². The minimum atomic E-state index is -0.278. The number of anilines is 2. The maximum absolute atomic E-state index is 12.3. The minimum Gasteiger partial charge on any atom is -0.494 e. The van der Waals surface area contributed by atoms with Crippen LogP contribution in [0.5, 0.6) is 5.75 Å². The Balaban J connectivity index is 2.28. The molecule has 0 radical (unpaired) electrons. The number of nitrogens with one attached hydrogen (secondary N) is 1. The molecular weight excluding hydrogens is 288 g/mol. The van der Waals surface area contributed by atoms with Crippen molar-refractivity contribution >= 4 is 28.9 Å². The first-order chi connectivity index (χ1) is 10.0. The van der Waals surface area contributed by atoms with Gasteiger partial charge in [-0.3, -0.25) is 4.79 Å². The Bertz CT molecular complexity index is 651. The zero-order valence-electron chi connectivity index (χ0n) is 11.9.